The number of aliphatic hydroxyl groups is 2. The lowest BCUT2D eigenvalue weighted by molar-refractivity contribution is -0.284. The zero-order valence-corrected chi connectivity index (χ0v) is 10.4. The molecule has 1 rings (SSSR count). The predicted octanol–water partition coefficient (Wildman–Crippen LogP) is 0.634. The van der Waals surface area contributed by atoms with Gasteiger partial charge in [0.1, 0.15) is 5.60 Å². The molecule has 5 heteroatoms. The molecule has 0 aliphatic carbocycles. The number of ether oxygens (including phenoxy) is 3. The number of rotatable bonds is 5. The first-order valence-electron chi connectivity index (χ1n) is 5.58. The van der Waals surface area contributed by atoms with Gasteiger partial charge in [-0.3, -0.25) is 0 Å². The molecule has 1 aliphatic rings. The molecule has 96 valence electrons. The zero-order valence-electron chi connectivity index (χ0n) is 10.4. The van der Waals surface area contributed by atoms with Crippen molar-refractivity contribution < 1.29 is 24.4 Å². The minimum atomic E-state index is -1.25. The normalized spacial score (nSPS) is 35.6. The highest BCUT2D eigenvalue weighted by molar-refractivity contribution is 4.94. The highest BCUT2D eigenvalue weighted by atomic mass is 16.8. The van der Waals surface area contributed by atoms with E-state index in [0.29, 0.717) is 12.8 Å². The van der Waals surface area contributed by atoms with Crippen LogP contribution in [0, 0.1) is 0 Å². The Balaban J connectivity index is 2.70. The van der Waals surface area contributed by atoms with Crippen LogP contribution in [0.4, 0.5) is 0 Å². The first-order valence-corrected chi connectivity index (χ1v) is 5.58. The Kier molecular flexibility index (Phi) is 4.31. The minimum absolute atomic E-state index is 0.117. The smallest absolute Gasteiger partial charge is 0.164 e. The molecule has 5 nitrogen and oxygen atoms in total. The van der Waals surface area contributed by atoms with Gasteiger partial charge in [0.15, 0.2) is 12.1 Å². The van der Waals surface area contributed by atoms with Crippen LogP contribution < -0.4 is 0 Å². The molecule has 0 amide bonds. The molecule has 0 bridgehead atoms. The maximum atomic E-state index is 9.55. The van der Waals surface area contributed by atoms with Crippen molar-refractivity contribution in [2.75, 3.05) is 13.7 Å². The van der Waals surface area contributed by atoms with Gasteiger partial charge in [-0.1, -0.05) is 6.92 Å². The van der Waals surface area contributed by atoms with E-state index in [1.807, 2.05) is 6.92 Å². The fourth-order valence-corrected chi connectivity index (χ4v) is 2.04. The van der Waals surface area contributed by atoms with Gasteiger partial charge in [0, 0.05) is 13.5 Å². The van der Waals surface area contributed by atoms with Crippen molar-refractivity contribution >= 4 is 0 Å². The Labute approximate surface area is 96.3 Å². The summed E-state index contributed by atoms with van der Waals surface area (Å²) in [4.78, 5) is 0. The molecule has 1 saturated heterocycles. The summed E-state index contributed by atoms with van der Waals surface area (Å²) in [5.74, 6) is -1.25. The standard InChI is InChI=1S/C11H22O5/c1-5-11(7-12)8(14-4)6-9(16-11)15-10(2,3)13/h8-9,12-13H,5-7H2,1-4H3. The molecule has 2 N–H and O–H groups in total. The van der Waals surface area contributed by atoms with Gasteiger partial charge >= 0.3 is 0 Å². The Hall–Kier alpha value is -0.200. The van der Waals surface area contributed by atoms with Crippen LogP contribution >= 0.6 is 0 Å². The second kappa shape index (κ2) is 4.98. The molecule has 16 heavy (non-hydrogen) atoms. The van der Waals surface area contributed by atoms with Crippen LogP contribution in [-0.2, 0) is 14.2 Å². The van der Waals surface area contributed by atoms with E-state index < -0.39 is 17.7 Å². The van der Waals surface area contributed by atoms with E-state index in [1.165, 1.54) is 0 Å². The second-order valence-electron chi connectivity index (χ2n) is 4.65. The van der Waals surface area contributed by atoms with E-state index in [-0.39, 0.29) is 12.7 Å². The van der Waals surface area contributed by atoms with Crippen LogP contribution in [0.15, 0.2) is 0 Å². The molecule has 3 atom stereocenters. The highest BCUT2D eigenvalue weighted by Crippen LogP contribution is 2.36. The van der Waals surface area contributed by atoms with Crippen LogP contribution in [-0.4, -0.2) is 47.7 Å². The van der Waals surface area contributed by atoms with Gasteiger partial charge in [0.05, 0.1) is 12.7 Å². The van der Waals surface area contributed by atoms with Gasteiger partial charge in [0.25, 0.3) is 0 Å². The summed E-state index contributed by atoms with van der Waals surface area (Å²) in [5.41, 5.74) is -0.718. The number of methoxy groups -OCH3 is 1. The summed E-state index contributed by atoms with van der Waals surface area (Å²) in [7, 11) is 1.58. The first-order chi connectivity index (χ1) is 7.37. The quantitative estimate of drug-likeness (QED) is 0.683. The van der Waals surface area contributed by atoms with E-state index in [4.69, 9.17) is 14.2 Å². The van der Waals surface area contributed by atoms with Crippen molar-refractivity contribution in [2.45, 2.75) is 57.4 Å². The molecule has 0 aromatic carbocycles. The van der Waals surface area contributed by atoms with E-state index in [2.05, 4.69) is 0 Å². The largest absolute Gasteiger partial charge is 0.393 e. The first kappa shape index (κ1) is 13.9. The van der Waals surface area contributed by atoms with E-state index >= 15 is 0 Å². The minimum Gasteiger partial charge on any atom is -0.393 e. The SMILES string of the molecule is CCC1(CO)OC(OC(C)(C)O)CC1OC. The molecule has 1 aliphatic heterocycles. The number of hydrogen-bond donors (Lipinski definition) is 2. The summed E-state index contributed by atoms with van der Waals surface area (Å²) in [6.07, 6.45) is 0.384. The zero-order chi connectivity index (χ0) is 12.4. The van der Waals surface area contributed by atoms with Gasteiger partial charge in [-0.25, -0.2) is 0 Å². The predicted molar refractivity (Wildman–Crippen MR) is 57.8 cm³/mol. The van der Waals surface area contributed by atoms with Crippen molar-refractivity contribution in [1.29, 1.82) is 0 Å². The molecular formula is C11H22O5. The monoisotopic (exact) mass is 234 g/mol. The average molecular weight is 234 g/mol. The summed E-state index contributed by atoms with van der Waals surface area (Å²) in [6.45, 7) is 4.90. The molecule has 0 spiro atoms. The third-order valence-corrected chi connectivity index (χ3v) is 2.93. The Morgan fingerprint density at radius 1 is 1.50 bits per heavy atom. The highest BCUT2D eigenvalue weighted by Gasteiger charge is 2.49. The lowest BCUT2D eigenvalue weighted by Gasteiger charge is -2.31. The lowest BCUT2D eigenvalue weighted by atomic mass is 9.95. The van der Waals surface area contributed by atoms with Crippen molar-refractivity contribution in [3.05, 3.63) is 0 Å². The maximum Gasteiger partial charge on any atom is 0.164 e. The van der Waals surface area contributed by atoms with Crippen molar-refractivity contribution in [3.63, 3.8) is 0 Å². The molecule has 0 aromatic heterocycles. The van der Waals surface area contributed by atoms with E-state index in [1.54, 1.807) is 21.0 Å². The average Bonchev–Trinajstić information content (AvgIpc) is 2.54. The Bertz CT molecular complexity index is 219. The van der Waals surface area contributed by atoms with Gasteiger partial charge in [0.2, 0.25) is 0 Å². The molecule has 1 heterocycles. The molecule has 0 radical (unpaired) electrons. The van der Waals surface area contributed by atoms with E-state index in [0.717, 1.165) is 0 Å². The Morgan fingerprint density at radius 2 is 2.12 bits per heavy atom. The third-order valence-electron chi connectivity index (χ3n) is 2.93. The molecule has 0 aromatic rings. The summed E-state index contributed by atoms with van der Waals surface area (Å²) >= 11 is 0. The molecule has 0 saturated carbocycles. The van der Waals surface area contributed by atoms with Crippen LogP contribution in [0.1, 0.15) is 33.6 Å². The molecule has 3 unspecified atom stereocenters. The van der Waals surface area contributed by atoms with Crippen molar-refractivity contribution in [3.8, 4) is 0 Å². The van der Waals surface area contributed by atoms with Crippen LogP contribution in [0.5, 0.6) is 0 Å². The van der Waals surface area contributed by atoms with Gasteiger partial charge in [-0.05, 0) is 20.3 Å². The van der Waals surface area contributed by atoms with Gasteiger partial charge in [-0.15, -0.1) is 0 Å². The Morgan fingerprint density at radius 3 is 2.44 bits per heavy atom. The van der Waals surface area contributed by atoms with Crippen LogP contribution in [0.2, 0.25) is 0 Å². The topological polar surface area (TPSA) is 68.2 Å². The number of hydrogen-bond acceptors (Lipinski definition) is 5. The van der Waals surface area contributed by atoms with Crippen LogP contribution in [0.25, 0.3) is 0 Å². The second-order valence-corrected chi connectivity index (χ2v) is 4.65. The van der Waals surface area contributed by atoms with Crippen molar-refractivity contribution in [2.24, 2.45) is 0 Å². The van der Waals surface area contributed by atoms with Gasteiger partial charge in [-0.2, -0.15) is 0 Å². The summed E-state index contributed by atoms with van der Waals surface area (Å²) < 4.78 is 16.3. The van der Waals surface area contributed by atoms with Crippen LogP contribution in [0.3, 0.4) is 0 Å². The fraction of sp³-hybridized carbons (Fsp3) is 1.00. The summed E-state index contributed by atoms with van der Waals surface area (Å²) in [5, 5.41) is 19.0. The third kappa shape index (κ3) is 2.93. The number of aliphatic hydroxyl groups excluding tert-OH is 1. The molecule has 1 fully saturated rings. The molecular weight excluding hydrogens is 212 g/mol. The summed E-state index contributed by atoms with van der Waals surface area (Å²) in [6, 6.07) is 0. The van der Waals surface area contributed by atoms with Crippen molar-refractivity contribution in [1.82, 2.24) is 0 Å². The van der Waals surface area contributed by atoms with E-state index in [9.17, 15) is 10.2 Å². The van der Waals surface area contributed by atoms with Gasteiger partial charge < -0.3 is 24.4 Å². The lowest BCUT2D eigenvalue weighted by Crippen LogP contribution is -2.43. The maximum absolute atomic E-state index is 9.55. The fourth-order valence-electron chi connectivity index (χ4n) is 2.04.